The van der Waals surface area contributed by atoms with E-state index < -0.39 is 0 Å². The Bertz CT molecular complexity index is 620. The van der Waals surface area contributed by atoms with Crippen LogP contribution in [-0.2, 0) is 11.3 Å². The molecule has 0 aliphatic rings. The number of ether oxygens (including phenoxy) is 2. The lowest BCUT2D eigenvalue weighted by atomic mass is 10.2. The molecule has 0 bridgehead atoms. The largest absolute Gasteiger partial charge is 0.493 e. The lowest BCUT2D eigenvalue weighted by Gasteiger charge is -2.10. The highest BCUT2D eigenvalue weighted by atomic mass is 32.2. The van der Waals surface area contributed by atoms with Gasteiger partial charge >= 0.3 is 0 Å². The Morgan fingerprint density at radius 2 is 1.86 bits per heavy atom. The van der Waals surface area contributed by atoms with Crippen LogP contribution in [0.4, 0.5) is 0 Å². The number of nitrogens with zero attached hydrogens (tertiary/aromatic N) is 1. The molecule has 0 aliphatic carbocycles. The summed E-state index contributed by atoms with van der Waals surface area (Å²) in [5.74, 6) is 1.68. The number of hydrogen-bond donors (Lipinski definition) is 1. The van der Waals surface area contributed by atoms with Crippen LogP contribution in [0.1, 0.15) is 5.56 Å². The smallest absolute Gasteiger partial charge is 0.230 e. The number of thioether (sulfide) groups is 1. The summed E-state index contributed by atoms with van der Waals surface area (Å²) in [4.78, 5) is 16.8. The van der Waals surface area contributed by atoms with Crippen LogP contribution in [0.2, 0.25) is 0 Å². The average molecular weight is 318 g/mol. The molecule has 0 saturated heterocycles. The fourth-order valence-electron chi connectivity index (χ4n) is 1.83. The van der Waals surface area contributed by atoms with Crippen LogP contribution in [0.25, 0.3) is 0 Å². The van der Waals surface area contributed by atoms with Gasteiger partial charge in [0.15, 0.2) is 11.5 Å². The van der Waals surface area contributed by atoms with E-state index in [1.807, 2.05) is 30.3 Å². The maximum atomic E-state index is 11.9. The molecule has 1 aromatic carbocycles. The van der Waals surface area contributed by atoms with Gasteiger partial charge in [0.25, 0.3) is 0 Å². The first-order chi connectivity index (χ1) is 10.7. The molecule has 0 saturated carbocycles. The standard InChI is InChI=1S/C16H18N2O3S/c1-20-14-4-3-12(9-15(14)21-2)10-18-16(19)11-22-13-5-7-17-8-6-13/h3-9H,10-11H2,1-2H3,(H,18,19). The zero-order valence-electron chi connectivity index (χ0n) is 12.5. The summed E-state index contributed by atoms with van der Waals surface area (Å²) in [5.41, 5.74) is 0.958. The lowest BCUT2D eigenvalue weighted by Crippen LogP contribution is -2.24. The summed E-state index contributed by atoms with van der Waals surface area (Å²) in [7, 11) is 3.18. The van der Waals surface area contributed by atoms with E-state index in [9.17, 15) is 4.79 Å². The molecule has 2 aromatic rings. The van der Waals surface area contributed by atoms with E-state index in [0.717, 1.165) is 10.5 Å². The number of amides is 1. The van der Waals surface area contributed by atoms with E-state index >= 15 is 0 Å². The predicted octanol–water partition coefficient (Wildman–Crippen LogP) is 2.51. The summed E-state index contributed by atoms with van der Waals surface area (Å²) in [6, 6.07) is 9.34. The number of carbonyl (C=O) groups is 1. The van der Waals surface area contributed by atoms with Crippen LogP contribution in [0, 0.1) is 0 Å². The topological polar surface area (TPSA) is 60.5 Å². The number of methoxy groups -OCH3 is 2. The average Bonchev–Trinajstić information content (AvgIpc) is 2.58. The molecule has 116 valence electrons. The summed E-state index contributed by atoms with van der Waals surface area (Å²) in [6.07, 6.45) is 3.42. The van der Waals surface area contributed by atoms with Gasteiger partial charge in [0, 0.05) is 23.8 Å². The van der Waals surface area contributed by atoms with Crippen molar-refractivity contribution in [2.45, 2.75) is 11.4 Å². The Kier molecular flexibility index (Phi) is 6.09. The number of aromatic nitrogens is 1. The molecular formula is C16H18N2O3S. The van der Waals surface area contributed by atoms with Gasteiger partial charge in [-0.25, -0.2) is 0 Å². The third-order valence-corrected chi connectivity index (χ3v) is 3.97. The Balaban J connectivity index is 1.83. The first-order valence-corrected chi connectivity index (χ1v) is 7.72. The van der Waals surface area contributed by atoms with E-state index in [0.29, 0.717) is 23.8 Å². The van der Waals surface area contributed by atoms with Crippen molar-refractivity contribution in [1.82, 2.24) is 10.3 Å². The molecule has 1 heterocycles. The predicted molar refractivity (Wildman–Crippen MR) is 86.4 cm³/mol. The van der Waals surface area contributed by atoms with Crippen molar-refractivity contribution in [3.05, 3.63) is 48.3 Å². The Morgan fingerprint density at radius 3 is 2.55 bits per heavy atom. The first-order valence-electron chi connectivity index (χ1n) is 6.73. The van der Waals surface area contributed by atoms with Gasteiger partial charge in [0.2, 0.25) is 5.91 Å². The minimum Gasteiger partial charge on any atom is -0.493 e. The summed E-state index contributed by atoms with van der Waals surface area (Å²) in [5, 5.41) is 2.89. The second-order valence-electron chi connectivity index (χ2n) is 4.44. The molecule has 1 N–H and O–H groups in total. The van der Waals surface area contributed by atoms with Gasteiger partial charge in [0.1, 0.15) is 0 Å². The zero-order chi connectivity index (χ0) is 15.8. The lowest BCUT2D eigenvalue weighted by molar-refractivity contribution is -0.118. The van der Waals surface area contributed by atoms with Gasteiger partial charge in [-0.05, 0) is 29.8 Å². The molecule has 0 atom stereocenters. The van der Waals surface area contributed by atoms with E-state index in [-0.39, 0.29) is 5.91 Å². The highest BCUT2D eigenvalue weighted by molar-refractivity contribution is 8.00. The normalized spacial score (nSPS) is 10.1. The van der Waals surface area contributed by atoms with Gasteiger partial charge < -0.3 is 14.8 Å². The SMILES string of the molecule is COc1ccc(CNC(=O)CSc2ccncc2)cc1OC. The second kappa shape index (κ2) is 8.29. The number of carbonyl (C=O) groups excluding carboxylic acids is 1. The van der Waals surface area contributed by atoms with Crippen molar-refractivity contribution in [3.8, 4) is 11.5 Å². The first kappa shape index (κ1) is 16.2. The number of pyridine rings is 1. The molecule has 0 spiro atoms. The van der Waals surface area contributed by atoms with Crippen molar-refractivity contribution in [1.29, 1.82) is 0 Å². The van der Waals surface area contributed by atoms with Crippen molar-refractivity contribution in [2.75, 3.05) is 20.0 Å². The van der Waals surface area contributed by atoms with Gasteiger partial charge in [-0.3, -0.25) is 9.78 Å². The van der Waals surface area contributed by atoms with Crippen molar-refractivity contribution in [2.24, 2.45) is 0 Å². The Labute approximate surface area is 134 Å². The third-order valence-electron chi connectivity index (χ3n) is 2.96. The van der Waals surface area contributed by atoms with Crippen molar-refractivity contribution in [3.63, 3.8) is 0 Å². The highest BCUT2D eigenvalue weighted by Crippen LogP contribution is 2.27. The highest BCUT2D eigenvalue weighted by Gasteiger charge is 2.06. The number of nitrogens with one attached hydrogen (secondary N) is 1. The van der Waals surface area contributed by atoms with Crippen LogP contribution >= 0.6 is 11.8 Å². The molecule has 0 aliphatic heterocycles. The second-order valence-corrected chi connectivity index (χ2v) is 5.49. The van der Waals surface area contributed by atoms with Crippen LogP contribution in [0.15, 0.2) is 47.6 Å². The number of benzene rings is 1. The van der Waals surface area contributed by atoms with E-state index in [1.54, 1.807) is 26.6 Å². The minimum absolute atomic E-state index is 0.0170. The maximum absolute atomic E-state index is 11.9. The molecule has 6 heteroatoms. The fraction of sp³-hybridized carbons (Fsp3) is 0.250. The molecular weight excluding hydrogens is 300 g/mol. The number of rotatable bonds is 7. The van der Waals surface area contributed by atoms with Crippen molar-refractivity contribution >= 4 is 17.7 Å². The zero-order valence-corrected chi connectivity index (χ0v) is 13.4. The maximum Gasteiger partial charge on any atom is 0.230 e. The molecule has 22 heavy (non-hydrogen) atoms. The van der Waals surface area contributed by atoms with Gasteiger partial charge in [-0.15, -0.1) is 11.8 Å². The van der Waals surface area contributed by atoms with Gasteiger partial charge in [0.05, 0.1) is 20.0 Å². The van der Waals surface area contributed by atoms with Gasteiger partial charge in [-0.1, -0.05) is 6.07 Å². The molecule has 5 nitrogen and oxygen atoms in total. The third kappa shape index (κ3) is 4.66. The Morgan fingerprint density at radius 1 is 1.14 bits per heavy atom. The molecule has 0 fully saturated rings. The van der Waals surface area contributed by atoms with Crippen LogP contribution in [0.3, 0.4) is 0 Å². The summed E-state index contributed by atoms with van der Waals surface area (Å²) < 4.78 is 10.4. The molecule has 1 aromatic heterocycles. The quantitative estimate of drug-likeness (QED) is 0.795. The van der Waals surface area contributed by atoms with E-state index in [4.69, 9.17) is 9.47 Å². The summed E-state index contributed by atoms with van der Waals surface area (Å²) >= 11 is 1.48. The molecule has 0 unspecified atom stereocenters. The number of hydrogen-bond acceptors (Lipinski definition) is 5. The van der Waals surface area contributed by atoms with E-state index in [1.165, 1.54) is 11.8 Å². The molecule has 1 amide bonds. The fourth-order valence-corrected chi connectivity index (χ4v) is 2.54. The molecule has 2 rings (SSSR count). The monoisotopic (exact) mass is 318 g/mol. The summed E-state index contributed by atoms with van der Waals surface area (Å²) in [6.45, 7) is 0.454. The Hall–Kier alpha value is -2.21. The van der Waals surface area contributed by atoms with Crippen LogP contribution in [0.5, 0.6) is 11.5 Å². The van der Waals surface area contributed by atoms with Crippen LogP contribution < -0.4 is 14.8 Å². The van der Waals surface area contributed by atoms with Crippen LogP contribution in [-0.4, -0.2) is 30.9 Å². The minimum atomic E-state index is -0.0170. The van der Waals surface area contributed by atoms with Gasteiger partial charge in [-0.2, -0.15) is 0 Å². The van der Waals surface area contributed by atoms with E-state index in [2.05, 4.69) is 10.3 Å². The molecule has 0 radical (unpaired) electrons. The van der Waals surface area contributed by atoms with Crippen molar-refractivity contribution < 1.29 is 14.3 Å².